The van der Waals surface area contributed by atoms with E-state index in [1.807, 2.05) is 0 Å². The predicted octanol–water partition coefficient (Wildman–Crippen LogP) is 1.12. The monoisotopic (exact) mass is 256 g/mol. The maximum Gasteiger partial charge on any atom is 0.307 e. The summed E-state index contributed by atoms with van der Waals surface area (Å²) in [5.41, 5.74) is 4.90. The predicted molar refractivity (Wildman–Crippen MR) is 69.0 cm³/mol. The highest BCUT2D eigenvalue weighted by atomic mass is 16.4. The number of carbonyl (C=O) groups excluding carboxylic acids is 1. The smallest absolute Gasteiger partial charge is 0.307 e. The summed E-state index contributed by atoms with van der Waals surface area (Å²) >= 11 is 0. The minimum Gasteiger partial charge on any atom is -0.481 e. The Balaban J connectivity index is 2.91. The van der Waals surface area contributed by atoms with Crippen molar-refractivity contribution in [3.63, 3.8) is 0 Å². The summed E-state index contributed by atoms with van der Waals surface area (Å²) in [4.78, 5) is 22.4. The quantitative estimate of drug-likeness (QED) is 0.702. The summed E-state index contributed by atoms with van der Waals surface area (Å²) in [6.07, 6.45) is 1.40. The van der Waals surface area contributed by atoms with Crippen molar-refractivity contribution in [2.24, 2.45) is 17.6 Å². The van der Waals surface area contributed by atoms with Gasteiger partial charge in [0.1, 0.15) is 0 Å². The Hall–Kier alpha value is -1.10. The summed E-state index contributed by atoms with van der Waals surface area (Å²) in [6, 6.07) is 0. The molecule has 0 bridgehead atoms. The molecule has 0 aliphatic carbocycles. The van der Waals surface area contributed by atoms with Gasteiger partial charge >= 0.3 is 5.97 Å². The Kier molecular flexibility index (Phi) is 4.05. The first-order valence-electron chi connectivity index (χ1n) is 6.33. The lowest BCUT2D eigenvalue weighted by Crippen LogP contribution is -2.59. The molecular weight excluding hydrogens is 232 g/mol. The third-order valence-corrected chi connectivity index (χ3v) is 3.53. The lowest BCUT2D eigenvalue weighted by atomic mass is 9.70. The first kappa shape index (κ1) is 15.0. The van der Waals surface area contributed by atoms with Crippen LogP contribution in [0.25, 0.3) is 0 Å². The zero-order chi connectivity index (χ0) is 14.1. The Morgan fingerprint density at radius 3 is 2.06 bits per heavy atom. The van der Waals surface area contributed by atoms with Crippen LogP contribution in [0.1, 0.15) is 47.0 Å². The molecule has 1 aliphatic rings. The lowest BCUT2D eigenvalue weighted by molar-refractivity contribution is -0.147. The molecule has 5 heteroatoms. The first-order chi connectivity index (χ1) is 8.02. The minimum atomic E-state index is -0.924. The van der Waals surface area contributed by atoms with E-state index in [-0.39, 0.29) is 23.4 Å². The van der Waals surface area contributed by atoms with Crippen molar-refractivity contribution in [3.8, 4) is 0 Å². The fourth-order valence-electron chi connectivity index (χ4n) is 3.36. The standard InChI is InChI=1S/C13H24N2O3/c1-12(2)6-8(7-13(3,4)15-12)9(11(17)18)5-10(14)16/h8-9,15H,5-7H2,1-4H3,(H2,14,16)(H,17,18). The molecule has 104 valence electrons. The number of carbonyl (C=O) groups is 2. The average Bonchev–Trinajstić information content (AvgIpc) is 2.07. The highest BCUT2D eigenvalue weighted by Crippen LogP contribution is 2.38. The van der Waals surface area contributed by atoms with Gasteiger partial charge in [0.2, 0.25) is 5.91 Å². The number of amides is 1. The number of carboxylic acids is 1. The molecule has 1 aliphatic heterocycles. The van der Waals surface area contributed by atoms with Gasteiger partial charge in [0.15, 0.2) is 0 Å². The molecule has 4 N–H and O–H groups in total. The van der Waals surface area contributed by atoms with E-state index in [0.717, 1.165) is 12.8 Å². The van der Waals surface area contributed by atoms with Crippen LogP contribution >= 0.6 is 0 Å². The van der Waals surface area contributed by atoms with E-state index in [2.05, 4.69) is 33.0 Å². The van der Waals surface area contributed by atoms with E-state index in [0.29, 0.717) is 0 Å². The van der Waals surface area contributed by atoms with Crippen molar-refractivity contribution in [3.05, 3.63) is 0 Å². The number of hydrogen-bond donors (Lipinski definition) is 3. The van der Waals surface area contributed by atoms with Gasteiger partial charge in [-0.25, -0.2) is 0 Å². The molecule has 0 radical (unpaired) electrons. The van der Waals surface area contributed by atoms with E-state index in [1.54, 1.807) is 0 Å². The summed E-state index contributed by atoms with van der Waals surface area (Å²) in [5.74, 6) is -2.17. The zero-order valence-electron chi connectivity index (χ0n) is 11.6. The highest BCUT2D eigenvalue weighted by Gasteiger charge is 2.43. The van der Waals surface area contributed by atoms with Crippen LogP contribution in [-0.4, -0.2) is 28.1 Å². The molecule has 18 heavy (non-hydrogen) atoms. The molecule has 1 fully saturated rings. The second-order valence-corrected chi connectivity index (χ2v) is 6.68. The van der Waals surface area contributed by atoms with Crippen molar-refractivity contribution in [1.29, 1.82) is 0 Å². The molecule has 1 amide bonds. The van der Waals surface area contributed by atoms with Crippen LogP contribution < -0.4 is 11.1 Å². The van der Waals surface area contributed by atoms with Crippen LogP contribution in [0, 0.1) is 11.8 Å². The fraction of sp³-hybridized carbons (Fsp3) is 0.846. The van der Waals surface area contributed by atoms with Crippen molar-refractivity contribution in [2.45, 2.75) is 58.0 Å². The number of carboxylic acid groups (broad SMARTS) is 1. The van der Waals surface area contributed by atoms with E-state index in [4.69, 9.17) is 5.73 Å². The van der Waals surface area contributed by atoms with Crippen LogP contribution in [-0.2, 0) is 9.59 Å². The van der Waals surface area contributed by atoms with Crippen molar-refractivity contribution in [1.82, 2.24) is 5.32 Å². The van der Waals surface area contributed by atoms with Crippen LogP contribution in [0.15, 0.2) is 0 Å². The Labute approximate surface area is 108 Å². The Morgan fingerprint density at radius 1 is 1.28 bits per heavy atom. The van der Waals surface area contributed by atoms with Crippen molar-refractivity contribution < 1.29 is 14.7 Å². The van der Waals surface area contributed by atoms with Gasteiger partial charge in [0.05, 0.1) is 5.92 Å². The number of piperidine rings is 1. The largest absolute Gasteiger partial charge is 0.481 e. The molecular formula is C13H24N2O3. The second-order valence-electron chi connectivity index (χ2n) is 6.68. The zero-order valence-corrected chi connectivity index (χ0v) is 11.6. The van der Waals surface area contributed by atoms with Gasteiger partial charge in [0, 0.05) is 17.5 Å². The second kappa shape index (κ2) is 4.88. The Morgan fingerprint density at radius 2 is 1.72 bits per heavy atom. The van der Waals surface area contributed by atoms with Crippen LogP contribution in [0.3, 0.4) is 0 Å². The molecule has 1 atom stereocenters. The topological polar surface area (TPSA) is 92.4 Å². The van der Waals surface area contributed by atoms with E-state index < -0.39 is 17.8 Å². The third kappa shape index (κ3) is 3.98. The highest BCUT2D eigenvalue weighted by molar-refractivity contribution is 5.81. The molecule has 0 aromatic rings. The van der Waals surface area contributed by atoms with Crippen LogP contribution in [0.5, 0.6) is 0 Å². The average molecular weight is 256 g/mol. The van der Waals surface area contributed by atoms with Gasteiger partial charge in [-0.05, 0) is 46.5 Å². The molecule has 1 heterocycles. The molecule has 5 nitrogen and oxygen atoms in total. The van der Waals surface area contributed by atoms with E-state index in [9.17, 15) is 14.7 Å². The third-order valence-electron chi connectivity index (χ3n) is 3.53. The van der Waals surface area contributed by atoms with Gasteiger partial charge in [0.25, 0.3) is 0 Å². The van der Waals surface area contributed by atoms with Gasteiger partial charge in [-0.2, -0.15) is 0 Å². The molecule has 0 spiro atoms. The SMILES string of the molecule is CC1(C)CC(C(CC(N)=O)C(=O)O)CC(C)(C)N1. The number of aliphatic carboxylic acids is 1. The normalized spacial score (nSPS) is 24.4. The van der Waals surface area contributed by atoms with Crippen LogP contribution in [0.2, 0.25) is 0 Å². The van der Waals surface area contributed by atoms with Gasteiger partial charge in [-0.3, -0.25) is 9.59 Å². The number of rotatable bonds is 4. The first-order valence-corrected chi connectivity index (χ1v) is 6.33. The minimum absolute atomic E-state index is 0.0266. The molecule has 1 rings (SSSR count). The molecule has 1 saturated heterocycles. The maximum absolute atomic E-state index is 11.3. The van der Waals surface area contributed by atoms with Crippen LogP contribution in [0.4, 0.5) is 0 Å². The summed E-state index contributed by atoms with van der Waals surface area (Å²) in [5, 5.41) is 12.8. The fourth-order valence-corrected chi connectivity index (χ4v) is 3.36. The number of hydrogen-bond acceptors (Lipinski definition) is 3. The molecule has 0 aromatic carbocycles. The molecule has 0 aromatic heterocycles. The molecule has 0 saturated carbocycles. The summed E-state index contributed by atoms with van der Waals surface area (Å²) in [7, 11) is 0. The van der Waals surface area contributed by atoms with Gasteiger partial charge < -0.3 is 16.2 Å². The van der Waals surface area contributed by atoms with E-state index in [1.165, 1.54) is 0 Å². The molecule has 1 unspecified atom stereocenters. The maximum atomic E-state index is 11.3. The van der Waals surface area contributed by atoms with Gasteiger partial charge in [-0.15, -0.1) is 0 Å². The Bertz CT molecular complexity index is 334. The number of nitrogens with two attached hydrogens (primary N) is 1. The number of primary amides is 1. The van der Waals surface area contributed by atoms with Gasteiger partial charge in [-0.1, -0.05) is 0 Å². The summed E-state index contributed by atoms with van der Waals surface area (Å²) in [6.45, 7) is 8.24. The number of nitrogens with one attached hydrogen (secondary N) is 1. The lowest BCUT2D eigenvalue weighted by Gasteiger charge is -2.47. The summed E-state index contributed by atoms with van der Waals surface area (Å²) < 4.78 is 0. The van der Waals surface area contributed by atoms with E-state index >= 15 is 0 Å². The van der Waals surface area contributed by atoms with Crippen molar-refractivity contribution >= 4 is 11.9 Å². The van der Waals surface area contributed by atoms with Crippen molar-refractivity contribution in [2.75, 3.05) is 0 Å².